The third-order valence-corrected chi connectivity index (χ3v) is 6.17. The molecule has 1 unspecified atom stereocenters. The van der Waals surface area contributed by atoms with Crippen LogP contribution in [0.5, 0.6) is 5.75 Å². The minimum Gasteiger partial charge on any atom is -0.493 e. The molecule has 0 saturated carbocycles. The van der Waals surface area contributed by atoms with E-state index in [0.29, 0.717) is 30.9 Å². The summed E-state index contributed by atoms with van der Waals surface area (Å²) in [6.07, 6.45) is 2.35. The fraction of sp³-hybridized carbons (Fsp3) is 0.300. The summed E-state index contributed by atoms with van der Waals surface area (Å²) >= 11 is 0.995. The number of pyridine rings is 1. The predicted octanol–water partition coefficient (Wildman–Crippen LogP) is 1.21. The molecule has 2 aromatic rings. The molecule has 0 bridgehead atoms. The lowest BCUT2D eigenvalue weighted by Gasteiger charge is -2.09. The summed E-state index contributed by atoms with van der Waals surface area (Å²) in [7, 11) is -4.13. The average Bonchev–Trinajstić information content (AvgIpc) is 3.05. The van der Waals surface area contributed by atoms with Crippen molar-refractivity contribution in [3.8, 4) is 5.75 Å². The van der Waals surface area contributed by atoms with Crippen molar-refractivity contribution in [3.05, 3.63) is 59.4 Å². The third-order valence-electron chi connectivity index (χ3n) is 4.47. The number of imide groups is 1. The Labute approximate surface area is 188 Å². The SMILES string of the molecule is O=C1NC(=O)C(Cc2ccc(OCCc3ccc(C(=O)NCCS(=O)(=O)O)cn3)cc2)S1. The number of nitrogens with zero attached hydrogens (tertiary/aromatic N) is 1. The molecule has 1 aromatic heterocycles. The summed E-state index contributed by atoms with van der Waals surface area (Å²) in [6.45, 7) is 0.165. The Morgan fingerprint density at radius 1 is 1.19 bits per heavy atom. The summed E-state index contributed by atoms with van der Waals surface area (Å²) in [4.78, 5) is 39.0. The molecule has 2 heterocycles. The second-order valence-electron chi connectivity index (χ2n) is 6.91. The molecular weight excluding hydrogens is 458 g/mol. The van der Waals surface area contributed by atoms with Crippen LogP contribution in [0.2, 0.25) is 0 Å². The number of carbonyl (C=O) groups excluding carboxylic acids is 3. The molecule has 32 heavy (non-hydrogen) atoms. The van der Waals surface area contributed by atoms with Crippen LogP contribution >= 0.6 is 11.8 Å². The molecular formula is C20H21N3O7S2. The number of hydrogen-bond acceptors (Lipinski definition) is 8. The van der Waals surface area contributed by atoms with E-state index >= 15 is 0 Å². The van der Waals surface area contributed by atoms with Crippen LogP contribution in [0.1, 0.15) is 21.6 Å². The highest BCUT2D eigenvalue weighted by Gasteiger charge is 2.31. The van der Waals surface area contributed by atoms with Gasteiger partial charge in [-0.25, -0.2) is 0 Å². The van der Waals surface area contributed by atoms with Gasteiger partial charge in [-0.1, -0.05) is 23.9 Å². The second-order valence-corrected chi connectivity index (χ2v) is 9.66. The van der Waals surface area contributed by atoms with Gasteiger partial charge in [0.05, 0.1) is 23.2 Å². The summed E-state index contributed by atoms with van der Waals surface area (Å²) < 4.78 is 35.7. The molecule has 1 saturated heterocycles. The Hall–Kier alpha value is -2.96. The van der Waals surface area contributed by atoms with Crippen molar-refractivity contribution in [2.45, 2.75) is 18.1 Å². The molecule has 1 atom stereocenters. The Morgan fingerprint density at radius 2 is 1.94 bits per heavy atom. The molecule has 3 rings (SSSR count). The van der Waals surface area contributed by atoms with Crippen LogP contribution in [0.3, 0.4) is 0 Å². The van der Waals surface area contributed by atoms with E-state index in [-0.39, 0.29) is 23.3 Å². The van der Waals surface area contributed by atoms with Gasteiger partial charge in [0, 0.05) is 24.9 Å². The molecule has 3 amide bonds. The van der Waals surface area contributed by atoms with Crippen LogP contribution in [-0.2, 0) is 27.8 Å². The van der Waals surface area contributed by atoms with Crippen molar-refractivity contribution < 1.29 is 32.1 Å². The first-order valence-corrected chi connectivity index (χ1v) is 12.1. The predicted molar refractivity (Wildman–Crippen MR) is 117 cm³/mol. The van der Waals surface area contributed by atoms with Gasteiger partial charge in [-0.2, -0.15) is 8.42 Å². The Balaban J connectivity index is 1.41. The van der Waals surface area contributed by atoms with Crippen LogP contribution in [0.25, 0.3) is 0 Å². The largest absolute Gasteiger partial charge is 0.493 e. The molecule has 1 fully saturated rings. The highest BCUT2D eigenvalue weighted by molar-refractivity contribution is 8.15. The molecule has 0 spiro atoms. The van der Waals surface area contributed by atoms with Gasteiger partial charge in [0.25, 0.3) is 21.3 Å². The van der Waals surface area contributed by atoms with Crippen molar-refractivity contribution >= 4 is 38.9 Å². The average molecular weight is 480 g/mol. The van der Waals surface area contributed by atoms with E-state index < -0.39 is 27.0 Å². The van der Waals surface area contributed by atoms with E-state index in [4.69, 9.17) is 9.29 Å². The normalized spacial score (nSPS) is 16.0. The smallest absolute Gasteiger partial charge is 0.286 e. The van der Waals surface area contributed by atoms with Crippen LogP contribution in [0.4, 0.5) is 4.79 Å². The van der Waals surface area contributed by atoms with Crippen LogP contribution in [0.15, 0.2) is 42.6 Å². The van der Waals surface area contributed by atoms with Crippen molar-refractivity contribution in [2.24, 2.45) is 0 Å². The van der Waals surface area contributed by atoms with Gasteiger partial charge in [0.15, 0.2) is 0 Å². The maximum atomic E-state index is 11.9. The van der Waals surface area contributed by atoms with Crippen LogP contribution < -0.4 is 15.4 Å². The van der Waals surface area contributed by atoms with Crippen LogP contribution in [0, 0.1) is 0 Å². The van der Waals surface area contributed by atoms with E-state index in [1.54, 1.807) is 24.3 Å². The summed E-state index contributed by atoms with van der Waals surface area (Å²) in [5.74, 6) is -0.656. The fourth-order valence-electron chi connectivity index (χ4n) is 2.84. The second kappa shape index (κ2) is 10.6. The number of ether oxygens (including phenoxy) is 1. The Bertz CT molecular complexity index is 1090. The summed E-state index contributed by atoms with van der Waals surface area (Å²) in [6, 6.07) is 10.5. The molecule has 12 heteroatoms. The summed E-state index contributed by atoms with van der Waals surface area (Å²) in [5.41, 5.74) is 1.91. The number of nitrogens with one attached hydrogen (secondary N) is 2. The first-order valence-electron chi connectivity index (χ1n) is 9.61. The lowest BCUT2D eigenvalue weighted by Crippen LogP contribution is -2.29. The highest BCUT2D eigenvalue weighted by atomic mass is 32.2. The molecule has 0 aliphatic carbocycles. The molecule has 10 nitrogen and oxygen atoms in total. The zero-order valence-corrected chi connectivity index (χ0v) is 18.4. The topological polar surface area (TPSA) is 152 Å². The molecule has 1 aromatic carbocycles. The van der Waals surface area contributed by atoms with Gasteiger partial charge >= 0.3 is 0 Å². The molecule has 170 valence electrons. The van der Waals surface area contributed by atoms with Gasteiger partial charge < -0.3 is 10.1 Å². The van der Waals surface area contributed by atoms with Crippen LogP contribution in [-0.4, -0.2) is 59.2 Å². The molecule has 3 N–H and O–H groups in total. The number of benzene rings is 1. The van der Waals surface area contributed by atoms with E-state index in [1.165, 1.54) is 6.20 Å². The zero-order valence-electron chi connectivity index (χ0n) is 16.8. The zero-order chi connectivity index (χ0) is 23.1. The number of hydrogen-bond donors (Lipinski definition) is 3. The van der Waals surface area contributed by atoms with Gasteiger partial charge in [-0.05, 0) is 36.2 Å². The Kier molecular flexibility index (Phi) is 7.83. The van der Waals surface area contributed by atoms with Gasteiger partial charge in [0.1, 0.15) is 5.75 Å². The summed E-state index contributed by atoms with van der Waals surface area (Å²) in [5, 5.41) is 3.93. The van der Waals surface area contributed by atoms with Crippen molar-refractivity contribution in [2.75, 3.05) is 18.9 Å². The number of aromatic nitrogens is 1. The van der Waals surface area contributed by atoms with E-state index in [0.717, 1.165) is 17.3 Å². The van der Waals surface area contributed by atoms with E-state index in [1.807, 2.05) is 12.1 Å². The maximum Gasteiger partial charge on any atom is 0.286 e. The van der Waals surface area contributed by atoms with Crippen molar-refractivity contribution in [3.63, 3.8) is 0 Å². The molecule has 1 aliphatic heterocycles. The van der Waals surface area contributed by atoms with Crippen molar-refractivity contribution in [1.82, 2.24) is 15.6 Å². The highest BCUT2D eigenvalue weighted by Crippen LogP contribution is 2.23. The minimum absolute atomic E-state index is 0.198. The standard InChI is InChI=1S/C20H21N3O7S2/c24-18(21-8-10-32(27,28)29)14-3-4-15(22-12-14)7-9-30-16-5-1-13(2-6-16)11-17-19(25)23-20(26)31-17/h1-6,12,17H,7-11H2,(H,21,24)(H,23,25,26)(H,27,28,29). The quantitative estimate of drug-likeness (QED) is 0.427. The Morgan fingerprint density at radius 3 is 2.53 bits per heavy atom. The lowest BCUT2D eigenvalue weighted by atomic mass is 10.1. The number of carbonyl (C=O) groups is 3. The van der Waals surface area contributed by atoms with E-state index in [9.17, 15) is 22.8 Å². The molecule has 0 radical (unpaired) electrons. The first-order chi connectivity index (χ1) is 15.2. The number of amides is 3. The van der Waals surface area contributed by atoms with Gasteiger partial charge in [0.2, 0.25) is 5.91 Å². The lowest BCUT2D eigenvalue weighted by molar-refractivity contribution is -0.118. The number of rotatable bonds is 10. The van der Waals surface area contributed by atoms with E-state index in [2.05, 4.69) is 15.6 Å². The monoisotopic (exact) mass is 479 g/mol. The van der Waals surface area contributed by atoms with Gasteiger partial charge in [-0.15, -0.1) is 0 Å². The molecule has 1 aliphatic rings. The number of thioether (sulfide) groups is 1. The van der Waals surface area contributed by atoms with Gasteiger partial charge in [-0.3, -0.25) is 29.2 Å². The third kappa shape index (κ3) is 7.32. The maximum absolute atomic E-state index is 11.9. The first kappa shape index (κ1) is 23.7. The minimum atomic E-state index is -4.13. The fourth-order valence-corrected chi connectivity index (χ4v) is 4.06. The van der Waals surface area contributed by atoms with Crippen molar-refractivity contribution in [1.29, 1.82) is 0 Å².